The second-order valence-electron chi connectivity index (χ2n) is 5.81. The molecule has 0 fully saturated rings. The molecule has 0 radical (unpaired) electrons. The van der Waals surface area contributed by atoms with Crippen LogP contribution in [0, 0.1) is 6.33 Å². The fourth-order valence-electron chi connectivity index (χ4n) is 3.33. The van der Waals surface area contributed by atoms with Gasteiger partial charge in [-0.2, -0.15) is 0 Å². The number of rotatable bonds is 2. The number of nitrogens with zero attached hydrogens (tertiary/aromatic N) is 4. The number of imidazole rings is 2. The number of para-hydroxylation sites is 1. The molecule has 23 heavy (non-hydrogen) atoms. The number of benzene rings is 1. The highest BCUT2D eigenvalue weighted by Gasteiger charge is 2.41. The third-order valence-corrected chi connectivity index (χ3v) is 4.40. The lowest BCUT2D eigenvalue weighted by atomic mass is 10.1. The molecule has 3 aromatic rings. The maximum Gasteiger partial charge on any atom is 0.243 e. The van der Waals surface area contributed by atoms with Gasteiger partial charge >= 0.3 is 0 Å². The summed E-state index contributed by atoms with van der Waals surface area (Å²) in [6.45, 7) is 0. The Balaban J connectivity index is 1.56. The summed E-state index contributed by atoms with van der Waals surface area (Å²) in [6.07, 6.45) is 14.5. The first-order chi connectivity index (χ1) is 11.3. The summed E-state index contributed by atoms with van der Waals surface area (Å²) in [6, 6.07) is 6.34. The Morgan fingerprint density at radius 3 is 3.09 bits per heavy atom. The molecule has 0 spiro atoms. The van der Waals surface area contributed by atoms with Gasteiger partial charge in [0.2, 0.25) is 6.33 Å². The van der Waals surface area contributed by atoms with E-state index in [-0.39, 0.29) is 12.1 Å². The zero-order valence-corrected chi connectivity index (χ0v) is 12.5. The molecule has 1 N–H and O–H groups in total. The third kappa shape index (κ3) is 1.75. The van der Waals surface area contributed by atoms with Crippen LogP contribution in [0.25, 0.3) is 11.4 Å². The topological polar surface area (TPSA) is 47.9 Å². The molecule has 0 bridgehead atoms. The minimum absolute atomic E-state index is 0.00965. The molecule has 2 atom stereocenters. The van der Waals surface area contributed by atoms with Crippen molar-refractivity contribution in [2.24, 2.45) is 7.05 Å². The molecule has 0 saturated carbocycles. The van der Waals surface area contributed by atoms with E-state index in [0.29, 0.717) is 0 Å². The van der Waals surface area contributed by atoms with Crippen molar-refractivity contribution < 1.29 is 9.30 Å². The Hall–Kier alpha value is -3.02. The Morgan fingerprint density at radius 2 is 2.30 bits per heavy atom. The van der Waals surface area contributed by atoms with Crippen molar-refractivity contribution in [1.29, 1.82) is 0 Å². The van der Waals surface area contributed by atoms with E-state index in [4.69, 9.17) is 4.74 Å². The van der Waals surface area contributed by atoms with Crippen LogP contribution < -0.4 is 9.88 Å². The summed E-state index contributed by atoms with van der Waals surface area (Å²) in [5.74, 6) is 0. The summed E-state index contributed by atoms with van der Waals surface area (Å²) in [4.78, 5) is 4.14. The zero-order chi connectivity index (χ0) is 15.4. The number of hydrogen-bond acceptors (Lipinski definition) is 3. The monoisotopic (exact) mass is 305 g/mol. The molecule has 2 aromatic heterocycles. The van der Waals surface area contributed by atoms with Crippen LogP contribution in [0.4, 0.5) is 5.69 Å². The van der Waals surface area contributed by atoms with Gasteiger partial charge in [-0.3, -0.25) is 0 Å². The van der Waals surface area contributed by atoms with Crippen molar-refractivity contribution in [3.05, 3.63) is 67.5 Å². The molecular weight excluding hydrogens is 290 g/mol. The molecule has 2 aliphatic heterocycles. The smallest absolute Gasteiger partial charge is 0.243 e. The summed E-state index contributed by atoms with van der Waals surface area (Å²) in [5.41, 5.74) is 4.41. The lowest BCUT2D eigenvalue weighted by Gasteiger charge is -2.15. The highest BCUT2D eigenvalue weighted by Crippen LogP contribution is 2.46. The highest BCUT2D eigenvalue weighted by atomic mass is 16.5. The molecule has 1 aromatic carbocycles. The van der Waals surface area contributed by atoms with Gasteiger partial charge in [0.15, 0.2) is 0 Å². The summed E-state index contributed by atoms with van der Waals surface area (Å²) < 4.78 is 11.8. The first-order valence-electron chi connectivity index (χ1n) is 7.51. The molecule has 0 saturated heterocycles. The van der Waals surface area contributed by atoms with E-state index in [0.717, 1.165) is 17.1 Å². The molecule has 4 heterocycles. The van der Waals surface area contributed by atoms with Gasteiger partial charge < -0.3 is 23.8 Å². The van der Waals surface area contributed by atoms with Crippen LogP contribution in [-0.2, 0) is 11.8 Å². The van der Waals surface area contributed by atoms with Crippen molar-refractivity contribution in [3.63, 3.8) is 0 Å². The SMILES string of the molecule is C[n+]1[c-]n(C2=COC3c4cccc(-n5ccnc5)c4NC23)cc1. The van der Waals surface area contributed by atoms with Gasteiger partial charge in [-0.05, 0) is 6.07 Å². The van der Waals surface area contributed by atoms with Crippen LogP contribution in [0.3, 0.4) is 0 Å². The van der Waals surface area contributed by atoms with E-state index >= 15 is 0 Å². The predicted molar refractivity (Wildman–Crippen MR) is 83.5 cm³/mol. The van der Waals surface area contributed by atoms with Crippen molar-refractivity contribution in [1.82, 2.24) is 14.1 Å². The van der Waals surface area contributed by atoms with E-state index in [9.17, 15) is 0 Å². The Morgan fingerprint density at radius 1 is 1.35 bits per heavy atom. The van der Waals surface area contributed by atoms with E-state index in [1.165, 1.54) is 5.56 Å². The van der Waals surface area contributed by atoms with Crippen molar-refractivity contribution >= 4 is 11.4 Å². The predicted octanol–water partition coefficient (Wildman–Crippen LogP) is 1.66. The summed E-state index contributed by atoms with van der Waals surface area (Å²) in [7, 11) is 1.96. The first kappa shape index (κ1) is 12.5. The third-order valence-electron chi connectivity index (χ3n) is 4.40. The molecule has 6 heteroatoms. The van der Waals surface area contributed by atoms with Crippen molar-refractivity contribution in [3.8, 4) is 5.69 Å². The van der Waals surface area contributed by atoms with E-state index in [1.54, 1.807) is 6.20 Å². The highest BCUT2D eigenvalue weighted by molar-refractivity contribution is 5.76. The van der Waals surface area contributed by atoms with Crippen LogP contribution in [0.2, 0.25) is 0 Å². The van der Waals surface area contributed by atoms with Gasteiger partial charge in [0.25, 0.3) is 0 Å². The molecule has 2 aliphatic rings. The average Bonchev–Trinajstić information content (AvgIpc) is 3.31. The molecule has 0 aliphatic carbocycles. The Kier molecular flexibility index (Phi) is 2.44. The molecular formula is C17H15N5O. The fourth-order valence-corrected chi connectivity index (χ4v) is 3.33. The Bertz CT molecular complexity index is 909. The van der Waals surface area contributed by atoms with Crippen LogP contribution in [-0.4, -0.2) is 20.2 Å². The van der Waals surface area contributed by atoms with Gasteiger partial charge in [-0.25, -0.2) is 4.98 Å². The normalized spacial score (nSPS) is 21.3. The standard InChI is InChI=1S/C17H15N5O/c1-20-7-8-22(11-20)14-9-23-17-12-3-2-4-13(15(12)19-16(14)17)21-6-5-18-10-21/h2-10,16-17,19H,1H3. The van der Waals surface area contributed by atoms with Gasteiger partial charge in [0, 0.05) is 30.4 Å². The largest absolute Gasteiger partial charge is 0.497 e. The number of nitrogens with one attached hydrogen (secondary N) is 1. The van der Waals surface area contributed by atoms with Crippen molar-refractivity contribution in [2.45, 2.75) is 12.1 Å². The van der Waals surface area contributed by atoms with Crippen LogP contribution in [0.5, 0.6) is 0 Å². The lowest BCUT2D eigenvalue weighted by Crippen LogP contribution is -2.26. The fraction of sp³-hybridized carbons (Fsp3) is 0.176. The zero-order valence-electron chi connectivity index (χ0n) is 12.5. The molecule has 0 amide bonds. The van der Waals surface area contributed by atoms with E-state index < -0.39 is 0 Å². The van der Waals surface area contributed by atoms with Gasteiger partial charge in [0.05, 0.1) is 42.8 Å². The quantitative estimate of drug-likeness (QED) is 0.579. The summed E-state index contributed by atoms with van der Waals surface area (Å²) >= 11 is 0. The number of aryl methyl sites for hydroxylation is 1. The maximum atomic E-state index is 5.95. The van der Waals surface area contributed by atoms with Crippen molar-refractivity contribution in [2.75, 3.05) is 5.32 Å². The van der Waals surface area contributed by atoms with Gasteiger partial charge in [0.1, 0.15) is 6.10 Å². The second kappa shape index (κ2) is 4.49. The minimum atomic E-state index is -0.00965. The maximum absolute atomic E-state index is 5.95. The van der Waals surface area contributed by atoms with E-state index in [2.05, 4.69) is 34.8 Å². The minimum Gasteiger partial charge on any atom is -0.497 e. The molecule has 5 rings (SSSR count). The first-order valence-corrected chi connectivity index (χ1v) is 7.51. The average molecular weight is 305 g/mol. The second-order valence-corrected chi connectivity index (χ2v) is 5.81. The molecule has 2 unspecified atom stereocenters. The number of ether oxygens (including phenoxy) is 1. The van der Waals surface area contributed by atoms with E-state index in [1.807, 2.05) is 51.9 Å². The van der Waals surface area contributed by atoms with Crippen LogP contribution in [0.15, 0.2) is 55.6 Å². The number of hydrogen-bond donors (Lipinski definition) is 1. The molecule has 114 valence electrons. The van der Waals surface area contributed by atoms with Gasteiger partial charge in [-0.1, -0.05) is 12.1 Å². The Labute approximate surface area is 133 Å². The number of anilines is 1. The van der Waals surface area contributed by atoms with Crippen LogP contribution >= 0.6 is 0 Å². The summed E-state index contributed by atoms with van der Waals surface area (Å²) in [5, 5.41) is 3.62. The van der Waals surface area contributed by atoms with Gasteiger partial charge in [-0.15, -0.1) is 0 Å². The lowest BCUT2D eigenvalue weighted by molar-refractivity contribution is -0.674. The number of fused-ring (bicyclic) bond motifs is 3. The van der Waals surface area contributed by atoms with Crippen LogP contribution in [0.1, 0.15) is 11.7 Å². The number of aromatic nitrogens is 4. The molecule has 6 nitrogen and oxygen atoms in total.